The first-order valence-corrected chi connectivity index (χ1v) is 32.8. The van der Waals surface area contributed by atoms with Crippen molar-refractivity contribution in [3.63, 3.8) is 0 Å². The van der Waals surface area contributed by atoms with E-state index in [0.29, 0.717) is 5.02 Å². The molecule has 6 nitrogen and oxygen atoms in total. The van der Waals surface area contributed by atoms with Crippen molar-refractivity contribution in [3.05, 3.63) is 239 Å². The quantitative estimate of drug-likeness (QED) is 0.129. The molecule has 0 fully saturated rings. The van der Waals surface area contributed by atoms with E-state index in [9.17, 15) is 0 Å². The number of hydrogen-bond acceptors (Lipinski definition) is 6. The maximum Gasteiger partial charge on any atom is 0.0726 e. The molecule has 0 saturated heterocycles. The summed E-state index contributed by atoms with van der Waals surface area (Å²) in [4.78, 5) is 27.5. The van der Waals surface area contributed by atoms with Crippen LogP contribution in [0.2, 0.25) is 5.02 Å². The molecule has 0 N–H and O–H groups in total. The van der Waals surface area contributed by atoms with Crippen LogP contribution in [0.15, 0.2) is 194 Å². The molecule has 0 saturated carbocycles. The van der Waals surface area contributed by atoms with Crippen molar-refractivity contribution >= 4 is 45.7 Å². The van der Waals surface area contributed by atoms with Crippen molar-refractivity contribution in [2.75, 3.05) is 9.80 Å². The molecule has 0 bridgehead atoms. The minimum atomic E-state index is -0.368. The van der Waals surface area contributed by atoms with E-state index in [-0.39, 0.29) is 37.9 Å². The van der Waals surface area contributed by atoms with Gasteiger partial charge in [0.2, 0.25) is 0 Å². The molecule has 91 heavy (non-hydrogen) atoms. The van der Waals surface area contributed by atoms with Crippen molar-refractivity contribution in [2.45, 2.75) is 183 Å². The lowest BCUT2D eigenvalue weighted by Gasteiger charge is -2.36. The highest BCUT2D eigenvalue weighted by molar-refractivity contribution is 6.31. The minimum Gasteiger partial charge on any atom is -0.309 e. The molecular weight excluding hydrogens is 1130 g/mol. The van der Waals surface area contributed by atoms with Crippen molar-refractivity contribution < 1.29 is 0 Å². The standard InChI is InChI=1S/C84H95ClN6/c1-78(2,3)56-46-62(53-63(47-56)91(61-33-25-32-59(85)52-61)77-66(70-36-28-40-74(88-70)83(16,17)18)50-58(80(7,8)9)51-67(77)71-37-29-41-75(89-71)84(19,20)21)90(60-44-42-55(43-45-60)54-30-23-22-24-31-54)76-64(68-34-26-38-72(86-68)81(10,11)12)48-57(79(4,5)6)49-65(76)69-35-27-39-73(87-69)82(13,14)15/h22-53H,1-21H3. The molecule has 0 aliphatic carbocycles. The van der Waals surface area contributed by atoms with E-state index >= 15 is 0 Å². The van der Waals surface area contributed by atoms with Crippen molar-refractivity contribution in [2.24, 2.45) is 0 Å². The predicted octanol–water partition coefficient (Wildman–Crippen LogP) is 24.3. The first-order chi connectivity index (χ1) is 42.4. The summed E-state index contributed by atoms with van der Waals surface area (Å²) in [6.07, 6.45) is 0. The average Bonchev–Trinajstić information content (AvgIpc) is 0.743. The van der Waals surface area contributed by atoms with Crippen LogP contribution in [-0.4, -0.2) is 19.9 Å². The Bertz CT molecular complexity index is 4120. The topological polar surface area (TPSA) is 58.0 Å². The first-order valence-electron chi connectivity index (χ1n) is 32.4. The van der Waals surface area contributed by atoms with Gasteiger partial charge >= 0.3 is 0 Å². The molecule has 7 heteroatoms. The fourth-order valence-corrected chi connectivity index (χ4v) is 11.7. The Balaban J connectivity index is 1.42. The van der Waals surface area contributed by atoms with Crippen molar-refractivity contribution in [1.29, 1.82) is 0 Å². The van der Waals surface area contributed by atoms with E-state index in [2.05, 4.69) is 343 Å². The SMILES string of the molecule is CC(C)(C)c1cc(N(c2ccc(-c3ccccc3)cc2)c2c(-c3cccc(C(C)(C)C)n3)cc(C(C)(C)C)cc2-c2cccc(C(C)(C)C)n2)cc(N(c2cccc(Cl)c2)c2c(-c3cccc(C(C)(C)C)n3)cc(C(C)(C)C)cc2-c2cccc(C(C)(C)C)n2)c1. The van der Waals surface area contributed by atoms with Crippen molar-refractivity contribution in [3.8, 4) is 56.2 Å². The molecule has 0 unspecified atom stereocenters. The maximum atomic E-state index is 7.31. The second-order valence-corrected chi connectivity index (χ2v) is 32.5. The summed E-state index contributed by atoms with van der Waals surface area (Å²) in [6, 6.07) is 70.8. The van der Waals surface area contributed by atoms with E-state index in [1.54, 1.807) is 0 Å². The van der Waals surface area contributed by atoms with Crippen LogP contribution in [-0.2, 0) is 37.9 Å². The summed E-state index contributed by atoms with van der Waals surface area (Å²) in [5, 5.41) is 0.619. The molecule has 0 amide bonds. The largest absolute Gasteiger partial charge is 0.309 e. The molecular formula is C84H95ClN6. The molecule has 6 aromatic carbocycles. The molecule has 4 heterocycles. The van der Waals surface area contributed by atoms with Gasteiger partial charge in [0, 0.05) is 94.5 Å². The third-order valence-corrected chi connectivity index (χ3v) is 17.4. The van der Waals surface area contributed by atoms with Crippen LogP contribution >= 0.6 is 11.6 Å². The van der Waals surface area contributed by atoms with Crippen LogP contribution in [0, 0.1) is 0 Å². The summed E-state index contributed by atoms with van der Waals surface area (Å²) in [5.41, 5.74) is 21.0. The highest BCUT2D eigenvalue weighted by Crippen LogP contribution is 2.54. The van der Waals surface area contributed by atoms with Gasteiger partial charge in [0.1, 0.15) is 0 Å². The van der Waals surface area contributed by atoms with E-state index in [0.717, 1.165) is 119 Å². The fourth-order valence-electron chi connectivity index (χ4n) is 11.6. The number of anilines is 6. The number of pyridine rings is 4. The van der Waals surface area contributed by atoms with Gasteiger partial charge in [-0.3, -0.25) is 19.9 Å². The summed E-state index contributed by atoms with van der Waals surface area (Å²) in [6.45, 7) is 47.6. The van der Waals surface area contributed by atoms with Crippen LogP contribution in [0.5, 0.6) is 0 Å². The lowest BCUT2D eigenvalue weighted by molar-refractivity contribution is 0.569. The van der Waals surface area contributed by atoms with Gasteiger partial charge in [-0.25, -0.2) is 0 Å². The Morgan fingerprint density at radius 2 is 0.560 bits per heavy atom. The second-order valence-electron chi connectivity index (χ2n) is 32.0. The summed E-state index contributed by atoms with van der Waals surface area (Å²) in [7, 11) is 0. The maximum absolute atomic E-state index is 7.31. The normalized spacial score (nSPS) is 12.7. The zero-order valence-corrected chi connectivity index (χ0v) is 58.8. The van der Waals surface area contributed by atoms with Gasteiger partial charge in [-0.05, 0) is 165 Å². The summed E-state index contributed by atoms with van der Waals surface area (Å²) >= 11 is 7.31. The smallest absolute Gasteiger partial charge is 0.0726 e. The number of rotatable bonds is 11. The molecule has 0 aliphatic rings. The molecule has 10 aromatic rings. The molecule has 10 rings (SSSR count). The third kappa shape index (κ3) is 14.5. The second kappa shape index (κ2) is 24.5. The monoisotopic (exact) mass is 1220 g/mol. The number of hydrogen-bond donors (Lipinski definition) is 0. The van der Waals surface area contributed by atoms with Gasteiger partial charge in [0.05, 0.1) is 34.2 Å². The number of aromatic nitrogens is 4. The lowest BCUT2D eigenvalue weighted by Crippen LogP contribution is -2.21. The van der Waals surface area contributed by atoms with Gasteiger partial charge in [-0.15, -0.1) is 0 Å². The Morgan fingerprint density at radius 3 is 0.879 bits per heavy atom. The van der Waals surface area contributed by atoms with Crippen LogP contribution in [0.4, 0.5) is 34.1 Å². The van der Waals surface area contributed by atoms with Gasteiger partial charge in [0.15, 0.2) is 0 Å². The number of benzene rings is 6. The van der Waals surface area contributed by atoms with E-state index in [4.69, 9.17) is 31.5 Å². The van der Waals surface area contributed by atoms with Crippen LogP contribution in [0.3, 0.4) is 0 Å². The zero-order valence-electron chi connectivity index (χ0n) is 58.0. The first kappa shape index (κ1) is 65.8. The van der Waals surface area contributed by atoms with Gasteiger partial charge < -0.3 is 9.80 Å². The fraction of sp³-hybridized carbons (Fsp3) is 0.333. The van der Waals surface area contributed by atoms with Gasteiger partial charge in [-0.2, -0.15) is 0 Å². The highest BCUT2D eigenvalue weighted by Gasteiger charge is 2.34. The molecule has 0 atom stereocenters. The third-order valence-electron chi connectivity index (χ3n) is 17.2. The molecule has 468 valence electrons. The minimum absolute atomic E-state index is 0.230. The van der Waals surface area contributed by atoms with Gasteiger partial charge in [0.25, 0.3) is 0 Å². The molecule has 0 spiro atoms. The average molecular weight is 1220 g/mol. The molecule has 4 aromatic heterocycles. The summed E-state index contributed by atoms with van der Waals surface area (Å²) in [5.74, 6) is 0. The van der Waals surface area contributed by atoms with E-state index < -0.39 is 0 Å². The van der Waals surface area contributed by atoms with E-state index in [1.165, 1.54) is 11.1 Å². The number of halogens is 1. The van der Waals surface area contributed by atoms with Crippen LogP contribution in [0.25, 0.3) is 56.2 Å². The van der Waals surface area contributed by atoms with Crippen LogP contribution < -0.4 is 9.80 Å². The predicted molar refractivity (Wildman–Crippen MR) is 390 cm³/mol. The Hall–Kier alpha value is -8.19. The van der Waals surface area contributed by atoms with Gasteiger partial charge in [-0.1, -0.05) is 230 Å². The van der Waals surface area contributed by atoms with Crippen molar-refractivity contribution in [1.82, 2.24) is 19.9 Å². The molecule has 0 aliphatic heterocycles. The lowest BCUT2D eigenvalue weighted by atomic mass is 9.82. The Morgan fingerprint density at radius 1 is 0.253 bits per heavy atom. The Kier molecular flexibility index (Phi) is 17.7. The Labute approximate surface area is 550 Å². The number of nitrogens with zero attached hydrogens (tertiary/aromatic N) is 6. The highest BCUT2D eigenvalue weighted by atomic mass is 35.5. The van der Waals surface area contributed by atoms with E-state index in [1.807, 2.05) is 6.07 Å². The zero-order chi connectivity index (χ0) is 66.0. The van der Waals surface area contributed by atoms with Crippen LogP contribution in [0.1, 0.15) is 185 Å². The summed E-state index contributed by atoms with van der Waals surface area (Å²) < 4.78 is 0. The molecule has 0 radical (unpaired) electrons.